The maximum atomic E-state index is 5.84. The number of nitrogens with one attached hydrogen (secondary N) is 1. The smallest absolute Gasteiger partial charge is 0.127 e. The second-order valence-corrected chi connectivity index (χ2v) is 5.85. The van der Waals surface area contributed by atoms with Crippen LogP contribution in [-0.4, -0.2) is 25.2 Å². The molecule has 1 N–H and O–H groups in total. The average molecular weight is 304 g/mol. The van der Waals surface area contributed by atoms with Gasteiger partial charge in [-0.1, -0.05) is 6.07 Å². The normalized spacial score (nSPS) is 17.7. The van der Waals surface area contributed by atoms with Crippen molar-refractivity contribution in [1.82, 2.24) is 10.3 Å². The lowest BCUT2D eigenvalue weighted by Crippen LogP contribution is -2.23. The van der Waals surface area contributed by atoms with Gasteiger partial charge >= 0.3 is 0 Å². The molecule has 0 saturated heterocycles. The van der Waals surface area contributed by atoms with E-state index in [1.165, 1.54) is 5.56 Å². The van der Waals surface area contributed by atoms with E-state index >= 15 is 0 Å². The van der Waals surface area contributed by atoms with Crippen molar-refractivity contribution in [3.05, 3.63) is 40.3 Å². The Labute approximate surface area is 129 Å². The molecule has 0 saturated carbocycles. The molecule has 2 heterocycles. The minimum absolute atomic E-state index is 0.340. The van der Waals surface area contributed by atoms with Gasteiger partial charge in [-0.2, -0.15) is 0 Å². The molecule has 5 heteroatoms. The van der Waals surface area contributed by atoms with Crippen molar-refractivity contribution in [3.8, 4) is 11.5 Å². The van der Waals surface area contributed by atoms with Crippen LogP contribution >= 0.6 is 11.3 Å². The SMILES string of the molecule is COc1ccc2c(c1)OCCC[C@H]2NCCc1cscn1. The summed E-state index contributed by atoms with van der Waals surface area (Å²) in [4.78, 5) is 4.32. The predicted octanol–water partition coefficient (Wildman–Crippen LogP) is 3.20. The Balaban J connectivity index is 1.68. The van der Waals surface area contributed by atoms with E-state index in [9.17, 15) is 0 Å². The van der Waals surface area contributed by atoms with Gasteiger partial charge in [0, 0.05) is 36.0 Å². The Morgan fingerprint density at radius 1 is 1.48 bits per heavy atom. The minimum atomic E-state index is 0.340. The van der Waals surface area contributed by atoms with Gasteiger partial charge in [0.15, 0.2) is 0 Å². The molecule has 0 amide bonds. The van der Waals surface area contributed by atoms with Crippen molar-refractivity contribution in [3.63, 3.8) is 0 Å². The minimum Gasteiger partial charge on any atom is -0.497 e. The molecule has 112 valence electrons. The van der Waals surface area contributed by atoms with Gasteiger partial charge in [0.05, 0.1) is 24.9 Å². The predicted molar refractivity (Wildman–Crippen MR) is 84.3 cm³/mol. The van der Waals surface area contributed by atoms with Gasteiger partial charge in [-0.05, 0) is 18.9 Å². The monoisotopic (exact) mass is 304 g/mol. The largest absolute Gasteiger partial charge is 0.497 e. The van der Waals surface area contributed by atoms with E-state index < -0.39 is 0 Å². The maximum absolute atomic E-state index is 5.84. The van der Waals surface area contributed by atoms with E-state index in [4.69, 9.17) is 9.47 Å². The topological polar surface area (TPSA) is 43.4 Å². The highest BCUT2D eigenvalue weighted by atomic mass is 32.1. The first-order valence-corrected chi connectivity index (χ1v) is 8.22. The van der Waals surface area contributed by atoms with Gasteiger partial charge < -0.3 is 14.8 Å². The fourth-order valence-corrected chi connectivity index (χ4v) is 3.22. The number of hydrogen-bond donors (Lipinski definition) is 1. The average Bonchev–Trinajstić information content (AvgIpc) is 2.95. The number of fused-ring (bicyclic) bond motifs is 1. The lowest BCUT2D eigenvalue weighted by molar-refractivity contribution is 0.313. The molecule has 2 aromatic rings. The summed E-state index contributed by atoms with van der Waals surface area (Å²) in [6, 6.07) is 6.44. The second kappa shape index (κ2) is 6.91. The molecule has 1 aromatic carbocycles. The van der Waals surface area contributed by atoms with Crippen molar-refractivity contribution in [1.29, 1.82) is 0 Å². The van der Waals surface area contributed by atoms with Gasteiger partial charge in [0.25, 0.3) is 0 Å². The second-order valence-electron chi connectivity index (χ2n) is 5.13. The molecule has 1 aliphatic heterocycles. The summed E-state index contributed by atoms with van der Waals surface area (Å²) in [6.45, 7) is 1.70. The molecule has 1 atom stereocenters. The number of thiazole rings is 1. The molecule has 0 spiro atoms. The Bertz CT molecular complexity index is 572. The highest BCUT2D eigenvalue weighted by Gasteiger charge is 2.19. The van der Waals surface area contributed by atoms with E-state index in [0.717, 1.165) is 49.6 Å². The zero-order valence-electron chi connectivity index (χ0n) is 12.2. The fraction of sp³-hybridized carbons (Fsp3) is 0.438. The standard InChI is InChI=1S/C16H20N2O2S/c1-19-13-4-5-14-15(3-2-8-20-16(14)9-13)17-7-6-12-10-21-11-18-12/h4-5,9-11,15,17H,2-3,6-8H2,1H3/t15-/m1/s1. The summed E-state index contributed by atoms with van der Waals surface area (Å²) in [5, 5.41) is 5.75. The third kappa shape index (κ3) is 3.54. The molecule has 0 bridgehead atoms. The molecule has 0 radical (unpaired) electrons. The van der Waals surface area contributed by atoms with Crippen molar-refractivity contribution < 1.29 is 9.47 Å². The highest BCUT2D eigenvalue weighted by Crippen LogP contribution is 2.34. The van der Waals surface area contributed by atoms with Crippen LogP contribution in [0.25, 0.3) is 0 Å². The molecule has 1 aromatic heterocycles. The van der Waals surface area contributed by atoms with Gasteiger partial charge in [0.1, 0.15) is 11.5 Å². The van der Waals surface area contributed by atoms with E-state index in [-0.39, 0.29) is 0 Å². The molecular weight excluding hydrogens is 284 g/mol. The number of benzene rings is 1. The van der Waals surface area contributed by atoms with Crippen LogP contribution in [0.5, 0.6) is 11.5 Å². The van der Waals surface area contributed by atoms with Crippen LogP contribution in [-0.2, 0) is 6.42 Å². The Morgan fingerprint density at radius 2 is 2.43 bits per heavy atom. The van der Waals surface area contributed by atoms with Crippen LogP contribution in [0.15, 0.2) is 29.1 Å². The highest BCUT2D eigenvalue weighted by molar-refractivity contribution is 7.07. The van der Waals surface area contributed by atoms with Gasteiger partial charge in [-0.3, -0.25) is 0 Å². The van der Waals surface area contributed by atoms with Crippen LogP contribution in [0.4, 0.5) is 0 Å². The maximum Gasteiger partial charge on any atom is 0.127 e. The van der Waals surface area contributed by atoms with Crippen molar-refractivity contribution in [2.24, 2.45) is 0 Å². The van der Waals surface area contributed by atoms with Gasteiger partial charge in [-0.15, -0.1) is 11.3 Å². The zero-order valence-corrected chi connectivity index (χ0v) is 13.0. The number of hydrogen-bond acceptors (Lipinski definition) is 5. The summed E-state index contributed by atoms with van der Waals surface area (Å²) in [5.74, 6) is 1.79. The van der Waals surface area contributed by atoms with Gasteiger partial charge in [0.2, 0.25) is 0 Å². The number of rotatable bonds is 5. The fourth-order valence-electron chi connectivity index (χ4n) is 2.63. The summed E-state index contributed by atoms with van der Waals surface area (Å²) >= 11 is 1.65. The summed E-state index contributed by atoms with van der Waals surface area (Å²) in [7, 11) is 1.68. The number of ether oxygens (including phenoxy) is 2. The Hall–Kier alpha value is -1.59. The van der Waals surface area contributed by atoms with E-state index in [2.05, 4.69) is 21.7 Å². The molecule has 0 unspecified atom stereocenters. The zero-order chi connectivity index (χ0) is 14.5. The third-order valence-electron chi connectivity index (χ3n) is 3.75. The lowest BCUT2D eigenvalue weighted by atomic mass is 10.0. The first kappa shape index (κ1) is 14.4. The Morgan fingerprint density at radius 3 is 3.24 bits per heavy atom. The third-order valence-corrected chi connectivity index (χ3v) is 4.38. The van der Waals surface area contributed by atoms with Crippen LogP contribution in [0.1, 0.15) is 30.1 Å². The molecule has 4 nitrogen and oxygen atoms in total. The number of nitrogens with zero attached hydrogens (tertiary/aromatic N) is 1. The summed E-state index contributed by atoms with van der Waals surface area (Å²) < 4.78 is 11.1. The van der Waals surface area contributed by atoms with Crippen LogP contribution in [0, 0.1) is 0 Å². The molecular formula is C16H20N2O2S. The van der Waals surface area contributed by atoms with Crippen molar-refractivity contribution >= 4 is 11.3 Å². The summed E-state index contributed by atoms with van der Waals surface area (Å²) in [5.41, 5.74) is 4.27. The molecule has 1 aliphatic rings. The molecule has 21 heavy (non-hydrogen) atoms. The summed E-state index contributed by atoms with van der Waals surface area (Å²) in [6.07, 6.45) is 3.12. The van der Waals surface area contributed by atoms with Crippen LogP contribution < -0.4 is 14.8 Å². The van der Waals surface area contributed by atoms with Crippen molar-refractivity contribution in [2.75, 3.05) is 20.3 Å². The van der Waals surface area contributed by atoms with E-state index in [1.54, 1.807) is 18.4 Å². The molecule has 0 aliphatic carbocycles. The number of methoxy groups -OCH3 is 1. The number of aromatic nitrogens is 1. The Kier molecular flexibility index (Phi) is 4.72. The van der Waals surface area contributed by atoms with Crippen molar-refractivity contribution in [2.45, 2.75) is 25.3 Å². The quantitative estimate of drug-likeness (QED) is 0.921. The molecule has 3 rings (SSSR count). The van der Waals surface area contributed by atoms with E-state index in [1.807, 2.05) is 17.6 Å². The van der Waals surface area contributed by atoms with Crippen LogP contribution in [0.2, 0.25) is 0 Å². The van der Waals surface area contributed by atoms with E-state index in [0.29, 0.717) is 6.04 Å². The lowest BCUT2D eigenvalue weighted by Gasteiger charge is -2.18. The molecule has 0 fully saturated rings. The van der Waals surface area contributed by atoms with Gasteiger partial charge in [-0.25, -0.2) is 4.98 Å². The first-order chi connectivity index (χ1) is 10.4. The first-order valence-electron chi connectivity index (χ1n) is 7.28. The van der Waals surface area contributed by atoms with Crippen LogP contribution in [0.3, 0.4) is 0 Å².